The molecule has 1 aromatic heterocycles. The van der Waals surface area contributed by atoms with E-state index in [1.807, 2.05) is 13.0 Å². The number of aromatic nitrogens is 1. The largest absolute Gasteiger partial charge is 0.465 e. The minimum absolute atomic E-state index is 0.223. The van der Waals surface area contributed by atoms with Crippen LogP contribution in [-0.4, -0.2) is 17.6 Å². The highest BCUT2D eigenvalue weighted by molar-refractivity contribution is 5.91. The lowest BCUT2D eigenvalue weighted by atomic mass is 10.1. The lowest BCUT2D eigenvalue weighted by Crippen LogP contribution is -2.12. The highest BCUT2D eigenvalue weighted by Crippen LogP contribution is 2.20. The van der Waals surface area contributed by atoms with Gasteiger partial charge in [0.1, 0.15) is 0 Å². The molecular weight excluding hydrogens is 214 g/mol. The summed E-state index contributed by atoms with van der Waals surface area (Å²) in [6.45, 7) is 9.51. The van der Waals surface area contributed by atoms with E-state index in [4.69, 9.17) is 4.74 Å². The SMILES string of the molecule is CCCc1c(C(=O)OC)cc(C)n1CC(C)C. The van der Waals surface area contributed by atoms with E-state index in [9.17, 15) is 4.79 Å². The monoisotopic (exact) mass is 237 g/mol. The Morgan fingerprint density at radius 2 is 2.12 bits per heavy atom. The van der Waals surface area contributed by atoms with Crippen molar-refractivity contribution >= 4 is 5.97 Å². The minimum atomic E-state index is -0.223. The molecule has 0 aromatic carbocycles. The number of aryl methyl sites for hydroxylation is 1. The fourth-order valence-electron chi connectivity index (χ4n) is 2.14. The van der Waals surface area contributed by atoms with E-state index in [2.05, 4.69) is 25.3 Å². The van der Waals surface area contributed by atoms with E-state index in [1.165, 1.54) is 7.11 Å². The molecule has 0 saturated heterocycles. The van der Waals surface area contributed by atoms with Gasteiger partial charge in [-0.2, -0.15) is 0 Å². The molecule has 0 spiro atoms. The minimum Gasteiger partial charge on any atom is -0.465 e. The smallest absolute Gasteiger partial charge is 0.339 e. The van der Waals surface area contributed by atoms with Crippen LogP contribution in [0.3, 0.4) is 0 Å². The van der Waals surface area contributed by atoms with Gasteiger partial charge in [0.2, 0.25) is 0 Å². The van der Waals surface area contributed by atoms with Gasteiger partial charge in [0.05, 0.1) is 12.7 Å². The van der Waals surface area contributed by atoms with Crippen molar-refractivity contribution in [2.45, 2.75) is 47.1 Å². The van der Waals surface area contributed by atoms with Gasteiger partial charge >= 0.3 is 5.97 Å². The van der Waals surface area contributed by atoms with Crippen LogP contribution in [0.5, 0.6) is 0 Å². The van der Waals surface area contributed by atoms with Gasteiger partial charge in [0.15, 0.2) is 0 Å². The Balaban J connectivity index is 3.18. The van der Waals surface area contributed by atoms with Crippen LogP contribution < -0.4 is 0 Å². The average Bonchev–Trinajstić information content (AvgIpc) is 2.56. The molecule has 0 aliphatic carbocycles. The predicted molar refractivity (Wildman–Crippen MR) is 69.3 cm³/mol. The molecule has 1 rings (SSSR count). The molecule has 1 heterocycles. The second-order valence-electron chi connectivity index (χ2n) is 4.89. The van der Waals surface area contributed by atoms with Gasteiger partial charge in [-0.25, -0.2) is 4.79 Å². The van der Waals surface area contributed by atoms with Gasteiger partial charge in [-0.05, 0) is 25.3 Å². The van der Waals surface area contributed by atoms with Crippen molar-refractivity contribution in [2.24, 2.45) is 5.92 Å². The zero-order valence-corrected chi connectivity index (χ0v) is 11.5. The fourth-order valence-corrected chi connectivity index (χ4v) is 2.14. The summed E-state index contributed by atoms with van der Waals surface area (Å²) in [5.41, 5.74) is 2.99. The first-order valence-electron chi connectivity index (χ1n) is 6.28. The van der Waals surface area contributed by atoms with Crippen molar-refractivity contribution in [3.05, 3.63) is 23.0 Å². The summed E-state index contributed by atoms with van der Waals surface area (Å²) in [4.78, 5) is 11.7. The third-order valence-corrected chi connectivity index (χ3v) is 2.86. The molecule has 0 unspecified atom stereocenters. The second-order valence-corrected chi connectivity index (χ2v) is 4.89. The number of ether oxygens (including phenoxy) is 1. The van der Waals surface area contributed by atoms with Gasteiger partial charge in [0, 0.05) is 17.9 Å². The number of rotatable bonds is 5. The normalized spacial score (nSPS) is 10.9. The molecule has 0 amide bonds. The van der Waals surface area contributed by atoms with Crippen molar-refractivity contribution in [3.8, 4) is 0 Å². The molecule has 3 heteroatoms. The van der Waals surface area contributed by atoms with Crippen LogP contribution in [0.1, 0.15) is 48.9 Å². The number of esters is 1. The topological polar surface area (TPSA) is 31.2 Å². The molecular formula is C14H23NO2. The van der Waals surface area contributed by atoms with E-state index in [0.29, 0.717) is 5.92 Å². The summed E-state index contributed by atoms with van der Waals surface area (Å²) in [7, 11) is 1.44. The van der Waals surface area contributed by atoms with Gasteiger partial charge < -0.3 is 9.30 Å². The molecule has 0 N–H and O–H groups in total. The maximum absolute atomic E-state index is 11.7. The first-order valence-corrected chi connectivity index (χ1v) is 6.28. The van der Waals surface area contributed by atoms with Gasteiger partial charge in [-0.3, -0.25) is 0 Å². The van der Waals surface area contributed by atoms with Crippen LogP contribution in [0.4, 0.5) is 0 Å². The maximum atomic E-state index is 11.7. The second kappa shape index (κ2) is 5.89. The zero-order chi connectivity index (χ0) is 13.0. The average molecular weight is 237 g/mol. The summed E-state index contributed by atoms with van der Waals surface area (Å²) in [5.74, 6) is 0.348. The third kappa shape index (κ3) is 3.11. The van der Waals surface area contributed by atoms with Crippen molar-refractivity contribution in [2.75, 3.05) is 7.11 Å². The zero-order valence-electron chi connectivity index (χ0n) is 11.5. The summed E-state index contributed by atoms with van der Waals surface area (Å²) >= 11 is 0. The number of methoxy groups -OCH3 is 1. The summed E-state index contributed by atoms with van der Waals surface area (Å²) < 4.78 is 7.09. The van der Waals surface area contributed by atoms with Crippen LogP contribution in [-0.2, 0) is 17.7 Å². The first kappa shape index (κ1) is 13.8. The van der Waals surface area contributed by atoms with Gasteiger partial charge in [-0.15, -0.1) is 0 Å². The predicted octanol–water partition coefficient (Wildman–Crippen LogP) is 3.19. The standard InChI is InChI=1S/C14H23NO2/c1-6-7-13-12(14(16)17-5)8-11(4)15(13)9-10(2)3/h8,10H,6-7,9H2,1-5H3. The van der Waals surface area contributed by atoms with Crippen molar-refractivity contribution < 1.29 is 9.53 Å². The van der Waals surface area contributed by atoms with E-state index < -0.39 is 0 Å². The Bertz CT molecular complexity index is 391. The van der Waals surface area contributed by atoms with Crippen LogP contribution >= 0.6 is 0 Å². The van der Waals surface area contributed by atoms with Crippen LogP contribution in [0.25, 0.3) is 0 Å². The molecule has 0 radical (unpaired) electrons. The van der Waals surface area contributed by atoms with Crippen molar-refractivity contribution in [1.82, 2.24) is 4.57 Å². The van der Waals surface area contributed by atoms with Gasteiger partial charge in [-0.1, -0.05) is 27.2 Å². The van der Waals surface area contributed by atoms with Crippen molar-refractivity contribution in [1.29, 1.82) is 0 Å². The van der Waals surface area contributed by atoms with Gasteiger partial charge in [0.25, 0.3) is 0 Å². The molecule has 1 aromatic rings. The number of hydrogen-bond acceptors (Lipinski definition) is 2. The lowest BCUT2D eigenvalue weighted by molar-refractivity contribution is 0.0599. The molecule has 0 bridgehead atoms. The van der Waals surface area contributed by atoms with Crippen LogP contribution in [0, 0.1) is 12.8 Å². The summed E-state index contributed by atoms with van der Waals surface area (Å²) in [6.07, 6.45) is 1.95. The molecule has 96 valence electrons. The Hall–Kier alpha value is -1.25. The Kier molecular flexibility index (Phi) is 4.79. The number of carbonyl (C=O) groups excluding carboxylic acids is 1. The molecule has 0 aliphatic heterocycles. The quantitative estimate of drug-likeness (QED) is 0.736. The summed E-state index contributed by atoms with van der Waals surface area (Å²) in [5, 5.41) is 0. The summed E-state index contributed by atoms with van der Waals surface area (Å²) in [6, 6.07) is 1.94. The van der Waals surface area contributed by atoms with E-state index >= 15 is 0 Å². The molecule has 0 saturated carbocycles. The Morgan fingerprint density at radius 3 is 2.59 bits per heavy atom. The Labute approximate surface area is 104 Å². The van der Waals surface area contributed by atoms with E-state index in [-0.39, 0.29) is 5.97 Å². The number of hydrogen-bond donors (Lipinski definition) is 0. The van der Waals surface area contributed by atoms with Crippen molar-refractivity contribution in [3.63, 3.8) is 0 Å². The highest BCUT2D eigenvalue weighted by Gasteiger charge is 2.18. The lowest BCUT2D eigenvalue weighted by Gasteiger charge is -2.14. The third-order valence-electron chi connectivity index (χ3n) is 2.86. The highest BCUT2D eigenvalue weighted by atomic mass is 16.5. The van der Waals surface area contributed by atoms with E-state index in [1.54, 1.807) is 0 Å². The fraction of sp³-hybridized carbons (Fsp3) is 0.643. The molecule has 0 aliphatic rings. The van der Waals surface area contributed by atoms with Crippen LogP contribution in [0.2, 0.25) is 0 Å². The number of carbonyl (C=O) groups is 1. The molecule has 0 atom stereocenters. The number of nitrogens with zero attached hydrogens (tertiary/aromatic N) is 1. The molecule has 0 fully saturated rings. The van der Waals surface area contributed by atoms with E-state index in [0.717, 1.165) is 36.3 Å². The molecule has 3 nitrogen and oxygen atoms in total. The Morgan fingerprint density at radius 1 is 1.47 bits per heavy atom. The maximum Gasteiger partial charge on any atom is 0.339 e. The van der Waals surface area contributed by atoms with Crippen LogP contribution in [0.15, 0.2) is 6.07 Å². The molecule has 17 heavy (non-hydrogen) atoms. The first-order chi connectivity index (χ1) is 8.01.